The number of carbonyl (C=O) groups is 1. The van der Waals surface area contributed by atoms with Crippen LogP contribution in [0.3, 0.4) is 0 Å². The standard InChI is InChI=1S/C23H42O6/c1-2-3-4-5-6-7-8-9-10-11-12-13-14-15-16-17-22(27)29-19-21(26)23(28)20(25)18-24/h6-7,9-10,20-21,23-26,28H,2-5,8,11-19H2,1H3/t20-,21-,23-/m1/s1. The summed E-state index contributed by atoms with van der Waals surface area (Å²) >= 11 is 0. The SMILES string of the molecule is CCCCCC=CCC=CCCCCCCCC(=O)OC[C@@H](O)[C@H](O)[C@H](O)CO. The van der Waals surface area contributed by atoms with E-state index in [1.165, 1.54) is 25.7 Å². The van der Waals surface area contributed by atoms with E-state index in [-0.39, 0.29) is 6.42 Å². The molecule has 0 aromatic rings. The van der Waals surface area contributed by atoms with Crippen molar-refractivity contribution >= 4 is 5.97 Å². The Bertz CT molecular complexity index is 435. The highest BCUT2D eigenvalue weighted by molar-refractivity contribution is 5.69. The summed E-state index contributed by atoms with van der Waals surface area (Å²) in [4.78, 5) is 11.6. The molecule has 0 rings (SSSR count). The summed E-state index contributed by atoms with van der Waals surface area (Å²) in [6, 6.07) is 0. The molecule has 0 aliphatic rings. The van der Waals surface area contributed by atoms with E-state index >= 15 is 0 Å². The van der Waals surface area contributed by atoms with Gasteiger partial charge < -0.3 is 25.2 Å². The minimum atomic E-state index is -1.54. The summed E-state index contributed by atoms with van der Waals surface area (Å²) in [7, 11) is 0. The third-order valence-corrected chi connectivity index (χ3v) is 4.72. The predicted octanol–water partition coefficient (Wildman–Crippen LogP) is 3.42. The molecular weight excluding hydrogens is 372 g/mol. The third kappa shape index (κ3) is 17.4. The Labute approximate surface area is 176 Å². The zero-order chi connectivity index (χ0) is 21.7. The number of esters is 1. The van der Waals surface area contributed by atoms with Crippen LogP contribution >= 0.6 is 0 Å². The van der Waals surface area contributed by atoms with Gasteiger partial charge in [-0.15, -0.1) is 0 Å². The van der Waals surface area contributed by atoms with E-state index in [9.17, 15) is 20.1 Å². The molecule has 3 atom stereocenters. The fourth-order valence-corrected chi connectivity index (χ4v) is 2.79. The Morgan fingerprint density at radius 2 is 1.41 bits per heavy atom. The molecule has 0 spiro atoms. The molecule has 0 saturated carbocycles. The van der Waals surface area contributed by atoms with Gasteiger partial charge in [-0.1, -0.05) is 63.3 Å². The Morgan fingerprint density at radius 3 is 2.03 bits per heavy atom. The first-order valence-corrected chi connectivity index (χ1v) is 11.1. The highest BCUT2D eigenvalue weighted by atomic mass is 16.5. The van der Waals surface area contributed by atoms with Gasteiger partial charge in [0.2, 0.25) is 0 Å². The van der Waals surface area contributed by atoms with Crippen molar-refractivity contribution in [3.8, 4) is 0 Å². The van der Waals surface area contributed by atoms with Gasteiger partial charge in [-0.2, -0.15) is 0 Å². The maximum atomic E-state index is 11.6. The van der Waals surface area contributed by atoms with Gasteiger partial charge >= 0.3 is 5.97 Å². The molecule has 0 unspecified atom stereocenters. The van der Waals surface area contributed by atoms with Gasteiger partial charge in [-0.05, 0) is 38.5 Å². The molecular formula is C23H42O6. The molecule has 170 valence electrons. The number of hydrogen-bond donors (Lipinski definition) is 4. The van der Waals surface area contributed by atoms with Gasteiger partial charge in [0.05, 0.1) is 6.61 Å². The number of allylic oxidation sites excluding steroid dienone is 4. The summed E-state index contributed by atoms with van der Waals surface area (Å²) in [5.74, 6) is -0.430. The first-order valence-electron chi connectivity index (χ1n) is 11.1. The van der Waals surface area contributed by atoms with Crippen LogP contribution in [0.15, 0.2) is 24.3 Å². The van der Waals surface area contributed by atoms with Crippen molar-refractivity contribution in [3.05, 3.63) is 24.3 Å². The van der Waals surface area contributed by atoms with E-state index in [4.69, 9.17) is 9.84 Å². The number of hydrogen-bond acceptors (Lipinski definition) is 6. The lowest BCUT2D eigenvalue weighted by molar-refractivity contribution is -0.152. The van der Waals surface area contributed by atoms with Crippen LogP contribution < -0.4 is 0 Å². The molecule has 29 heavy (non-hydrogen) atoms. The predicted molar refractivity (Wildman–Crippen MR) is 115 cm³/mol. The Balaban J connectivity index is 3.49. The lowest BCUT2D eigenvalue weighted by Gasteiger charge is -2.21. The lowest BCUT2D eigenvalue weighted by atomic mass is 10.1. The van der Waals surface area contributed by atoms with Gasteiger partial charge in [-0.25, -0.2) is 0 Å². The topological polar surface area (TPSA) is 107 Å². The van der Waals surface area contributed by atoms with Crippen LogP contribution in [0.4, 0.5) is 0 Å². The van der Waals surface area contributed by atoms with Gasteiger partial charge in [-0.3, -0.25) is 4.79 Å². The quantitative estimate of drug-likeness (QED) is 0.147. The molecule has 0 aliphatic carbocycles. The van der Waals surface area contributed by atoms with Gasteiger partial charge in [0.1, 0.15) is 24.9 Å². The van der Waals surface area contributed by atoms with Crippen LogP contribution in [0.5, 0.6) is 0 Å². The Hall–Kier alpha value is -1.21. The number of ether oxygens (including phenoxy) is 1. The van der Waals surface area contributed by atoms with Crippen LogP contribution in [0, 0.1) is 0 Å². The summed E-state index contributed by atoms with van der Waals surface area (Å²) in [6.45, 7) is 1.16. The molecule has 0 radical (unpaired) electrons. The van der Waals surface area contributed by atoms with Crippen molar-refractivity contribution in [1.29, 1.82) is 0 Å². The number of carbonyl (C=O) groups excluding carboxylic acids is 1. The molecule has 0 heterocycles. The molecule has 0 saturated heterocycles. The zero-order valence-electron chi connectivity index (χ0n) is 18.0. The molecule has 0 aliphatic heterocycles. The number of aliphatic hydroxyl groups excluding tert-OH is 4. The smallest absolute Gasteiger partial charge is 0.305 e. The Morgan fingerprint density at radius 1 is 0.828 bits per heavy atom. The molecule has 0 aromatic carbocycles. The van der Waals surface area contributed by atoms with E-state index in [0.29, 0.717) is 0 Å². The number of aliphatic hydroxyl groups is 4. The van der Waals surface area contributed by atoms with Crippen LogP contribution in [0.1, 0.15) is 84.0 Å². The molecule has 6 nitrogen and oxygen atoms in total. The number of rotatable bonds is 19. The highest BCUT2D eigenvalue weighted by Crippen LogP contribution is 2.09. The average Bonchev–Trinajstić information content (AvgIpc) is 2.73. The molecule has 0 fully saturated rings. The van der Waals surface area contributed by atoms with E-state index in [2.05, 4.69) is 31.2 Å². The molecule has 0 aromatic heterocycles. The fourth-order valence-electron chi connectivity index (χ4n) is 2.79. The Kier molecular flexibility index (Phi) is 19.2. The lowest BCUT2D eigenvalue weighted by Crippen LogP contribution is -2.42. The second-order valence-corrected chi connectivity index (χ2v) is 7.47. The van der Waals surface area contributed by atoms with Gasteiger partial charge in [0.15, 0.2) is 0 Å². The first-order chi connectivity index (χ1) is 14.0. The monoisotopic (exact) mass is 414 g/mol. The van der Waals surface area contributed by atoms with Crippen molar-refractivity contribution in [1.82, 2.24) is 0 Å². The van der Waals surface area contributed by atoms with Crippen LogP contribution in [0.25, 0.3) is 0 Å². The molecule has 4 N–H and O–H groups in total. The van der Waals surface area contributed by atoms with Crippen molar-refractivity contribution in [2.75, 3.05) is 13.2 Å². The summed E-state index contributed by atoms with van der Waals surface area (Å²) in [5.41, 5.74) is 0. The van der Waals surface area contributed by atoms with Crippen LogP contribution in [-0.2, 0) is 9.53 Å². The third-order valence-electron chi connectivity index (χ3n) is 4.72. The summed E-state index contributed by atoms with van der Waals surface area (Å²) in [5, 5.41) is 36.9. The first kappa shape index (κ1) is 27.8. The van der Waals surface area contributed by atoms with Crippen molar-refractivity contribution in [3.63, 3.8) is 0 Å². The maximum absolute atomic E-state index is 11.6. The van der Waals surface area contributed by atoms with Crippen LogP contribution in [-0.4, -0.2) is 57.9 Å². The summed E-state index contributed by atoms with van der Waals surface area (Å²) < 4.78 is 4.88. The minimum absolute atomic E-state index is 0.274. The van der Waals surface area contributed by atoms with E-state index in [1.807, 2.05) is 0 Å². The summed E-state index contributed by atoms with van der Waals surface area (Å²) in [6.07, 6.45) is 17.0. The normalized spacial score (nSPS) is 15.1. The van der Waals surface area contributed by atoms with Crippen molar-refractivity contribution in [2.24, 2.45) is 0 Å². The van der Waals surface area contributed by atoms with Crippen molar-refractivity contribution in [2.45, 2.75) is 102 Å². The minimum Gasteiger partial charge on any atom is -0.463 e. The number of unbranched alkanes of at least 4 members (excludes halogenated alkanes) is 8. The van der Waals surface area contributed by atoms with Gasteiger partial charge in [0.25, 0.3) is 0 Å². The maximum Gasteiger partial charge on any atom is 0.305 e. The van der Waals surface area contributed by atoms with E-state index in [0.717, 1.165) is 44.9 Å². The highest BCUT2D eigenvalue weighted by Gasteiger charge is 2.25. The molecule has 0 amide bonds. The molecule has 0 bridgehead atoms. The second-order valence-electron chi connectivity index (χ2n) is 7.47. The zero-order valence-corrected chi connectivity index (χ0v) is 18.0. The second kappa shape index (κ2) is 20.1. The van der Waals surface area contributed by atoms with Gasteiger partial charge in [0, 0.05) is 6.42 Å². The van der Waals surface area contributed by atoms with E-state index < -0.39 is 37.5 Å². The molecule has 6 heteroatoms. The van der Waals surface area contributed by atoms with E-state index in [1.54, 1.807) is 0 Å². The fraction of sp³-hybridized carbons (Fsp3) is 0.783. The average molecular weight is 415 g/mol. The van der Waals surface area contributed by atoms with Crippen molar-refractivity contribution < 1.29 is 30.0 Å². The van der Waals surface area contributed by atoms with Crippen LogP contribution in [0.2, 0.25) is 0 Å². The largest absolute Gasteiger partial charge is 0.463 e.